The molecule has 2 aromatic carbocycles. The van der Waals surface area contributed by atoms with Crippen LogP contribution in [-0.4, -0.2) is 58.8 Å². The smallest absolute Gasteiger partial charge is 0.254 e. The molecule has 3 heterocycles. The first-order chi connectivity index (χ1) is 15.4. The number of hydrogen-bond acceptors (Lipinski definition) is 5. The van der Waals surface area contributed by atoms with E-state index in [2.05, 4.69) is 4.98 Å². The Kier molecular flexibility index (Phi) is 5.47. The van der Waals surface area contributed by atoms with Crippen molar-refractivity contribution in [3.05, 3.63) is 71.9 Å². The summed E-state index contributed by atoms with van der Waals surface area (Å²) in [6, 6.07) is 16.6. The summed E-state index contributed by atoms with van der Waals surface area (Å²) in [7, 11) is -3.67. The minimum absolute atomic E-state index is 0.0320. The first kappa shape index (κ1) is 21.4. The number of hydrogen-bond donors (Lipinski definition) is 0. The van der Waals surface area contributed by atoms with E-state index in [1.165, 1.54) is 0 Å². The topological polar surface area (TPSA) is 70.6 Å². The average Bonchev–Trinajstić information content (AvgIpc) is 3.21. The lowest BCUT2D eigenvalue weighted by Gasteiger charge is -2.43. The van der Waals surface area contributed by atoms with Crippen LogP contribution in [0.3, 0.4) is 0 Å². The van der Waals surface area contributed by atoms with Gasteiger partial charge in [-0.05, 0) is 44.0 Å². The Balaban J connectivity index is 1.38. The number of thioether (sulfide) groups is 1. The zero-order valence-electron chi connectivity index (χ0n) is 17.9. The molecule has 32 heavy (non-hydrogen) atoms. The lowest BCUT2D eigenvalue weighted by molar-refractivity contribution is 0.0605. The van der Waals surface area contributed by atoms with Crippen LogP contribution in [-0.2, 0) is 10.0 Å². The van der Waals surface area contributed by atoms with Crippen LogP contribution >= 0.6 is 11.8 Å². The van der Waals surface area contributed by atoms with Gasteiger partial charge in [0.1, 0.15) is 4.90 Å². The second-order valence-corrected chi connectivity index (χ2v) is 11.7. The first-order valence-electron chi connectivity index (χ1n) is 10.8. The van der Waals surface area contributed by atoms with Gasteiger partial charge in [0.05, 0.1) is 10.4 Å². The van der Waals surface area contributed by atoms with Crippen molar-refractivity contribution in [2.45, 2.75) is 29.5 Å². The van der Waals surface area contributed by atoms with Gasteiger partial charge in [0.25, 0.3) is 5.91 Å². The maximum atomic E-state index is 13.5. The molecule has 0 atom stereocenters. The SMILES string of the molecule is Cc1ccc(C(=O)N2CCSC23CCN(S(=O)(=O)c2cccc4cccnc24)CC3)cc1. The molecule has 5 rings (SSSR count). The molecular formula is C24H25N3O3S2. The van der Waals surface area contributed by atoms with Gasteiger partial charge in [0.15, 0.2) is 0 Å². The fourth-order valence-electron chi connectivity index (χ4n) is 4.66. The van der Waals surface area contributed by atoms with Gasteiger partial charge in [-0.25, -0.2) is 8.42 Å². The monoisotopic (exact) mass is 467 g/mol. The summed E-state index contributed by atoms with van der Waals surface area (Å²) < 4.78 is 28.5. The van der Waals surface area contributed by atoms with E-state index in [0.29, 0.717) is 43.6 Å². The van der Waals surface area contributed by atoms with Gasteiger partial charge in [-0.3, -0.25) is 9.78 Å². The minimum atomic E-state index is -3.67. The van der Waals surface area contributed by atoms with E-state index in [9.17, 15) is 13.2 Å². The number of rotatable bonds is 3. The molecule has 0 N–H and O–H groups in total. The summed E-state index contributed by atoms with van der Waals surface area (Å²) >= 11 is 1.78. The van der Waals surface area contributed by atoms with Gasteiger partial charge in [-0.1, -0.05) is 35.9 Å². The summed E-state index contributed by atoms with van der Waals surface area (Å²) in [6.07, 6.45) is 2.86. The largest absolute Gasteiger partial charge is 0.323 e. The van der Waals surface area contributed by atoms with Crippen LogP contribution in [0.1, 0.15) is 28.8 Å². The zero-order valence-corrected chi connectivity index (χ0v) is 19.5. The predicted molar refractivity (Wildman–Crippen MR) is 127 cm³/mol. The Morgan fingerprint density at radius 2 is 1.72 bits per heavy atom. The Labute approximate surface area is 192 Å². The highest BCUT2D eigenvalue weighted by Gasteiger charge is 2.48. The number of aromatic nitrogens is 1. The number of carbonyl (C=O) groups excluding carboxylic acids is 1. The maximum Gasteiger partial charge on any atom is 0.254 e. The third kappa shape index (κ3) is 3.60. The average molecular weight is 468 g/mol. The lowest BCUT2D eigenvalue weighted by atomic mass is 10.0. The Morgan fingerprint density at radius 1 is 1.00 bits per heavy atom. The number of benzene rings is 2. The van der Waals surface area contributed by atoms with Crippen LogP contribution in [0.5, 0.6) is 0 Å². The normalized spacial score (nSPS) is 19.0. The van der Waals surface area contributed by atoms with Crippen LogP contribution in [0.15, 0.2) is 65.7 Å². The van der Waals surface area contributed by atoms with Gasteiger partial charge in [0, 0.05) is 42.5 Å². The molecule has 2 aliphatic rings. The van der Waals surface area contributed by atoms with E-state index in [1.54, 1.807) is 40.5 Å². The molecule has 1 amide bonds. The van der Waals surface area contributed by atoms with E-state index in [-0.39, 0.29) is 15.7 Å². The molecule has 1 aromatic heterocycles. The number of fused-ring (bicyclic) bond motifs is 1. The second-order valence-electron chi connectivity index (χ2n) is 8.35. The Morgan fingerprint density at radius 3 is 2.47 bits per heavy atom. The molecule has 0 bridgehead atoms. The Bertz CT molecular complexity index is 1260. The molecule has 2 saturated heterocycles. The van der Waals surface area contributed by atoms with Gasteiger partial charge in [-0.2, -0.15) is 4.31 Å². The van der Waals surface area contributed by atoms with E-state index in [1.807, 2.05) is 48.2 Å². The molecule has 2 aliphatic heterocycles. The van der Waals surface area contributed by atoms with Gasteiger partial charge < -0.3 is 4.90 Å². The molecule has 3 aromatic rings. The number of piperidine rings is 1. The maximum absolute atomic E-state index is 13.5. The van der Waals surface area contributed by atoms with Crippen LogP contribution in [0, 0.1) is 6.92 Å². The van der Waals surface area contributed by atoms with Crippen molar-refractivity contribution in [2.24, 2.45) is 0 Å². The number of nitrogens with zero attached hydrogens (tertiary/aromatic N) is 3. The third-order valence-corrected chi connectivity index (χ3v) is 9.92. The highest BCUT2D eigenvalue weighted by molar-refractivity contribution is 8.00. The fraction of sp³-hybridized carbons (Fsp3) is 0.333. The van der Waals surface area contributed by atoms with Crippen molar-refractivity contribution < 1.29 is 13.2 Å². The standard InChI is InChI=1S/C24H25N3O3S2/c1-18-7-9-20(10-8-18)23(28)27-16-17-31-24(27)11-14-26(15-12-24)32(29,30)21-6-2-4-19-5-3-13-25-22(19)21/h2-10,13H,11-12,14-17H2,1H3. The molecule has 0 saturated carbocycles. The number of carbonyl (C=O) groups is 1. The highest BCUT2D eigenvalue weighted by atomic mass is 32.2. The number of aryl methyl sites for hydroxylation is 1. The van der Waals surface area contributed by atoms with Crippen LogP contribution in [0.25, 0.3) is 10.9 Å². The van der Waals surface area contributed by atoms with Gasteiger partial charge >= 0.3 is 0 Å². The lowest BCUT2D eigenvalue weighted by Crippen LogP contribution is -2.53. The van der Waals surface area contributed by atoms with E-state index < -0.39 is 10.0 Å². The molecule has 0 unspecified atom stereocenters. The molecule has 166 valence electrons. The quantitative estimate of drug-likeness (QED) is 0.584. The van der Waals surface area contributed by atoms with Gasteiger partial charge in [-0.15, -0.1) is 11.8 Å². The van der Waals surface area contributed by atoms with Gasteiger partial charge in [0.2, 0.25) is 10.0 Å². The van der Waals surface area contributed by atoms with Crippen LogP contribution in [0.4, 0.5) is 0 Å². The van der Waals surface area contributed by atoms with Crippen molar-refractivity contribution in [1.29, 1.82) is 0 Å². The number of pyridine rings is 1. The molecule has 8 heteroatoms. The summed E-state index contributed by atoms with van der Waals surface area (Å²) in [5.41, 5.74) is 2.31. The summed E-state index contributed by atoms with van der Waals surface area (Å²) in [4.78, 5) is 19.4. The van der Waals surface area contributed by atoms with Crippen molar-refractivity contribution in [3.8, 4) is 0 Å². The van der Waals surface area contributed by atoms with Crippen molar-refractivity contribution >= 4 is 38.6 Å². The number of sulfonamides is 1. The van der Waals surface area contributed by atoms with Crippen LogP contribution in [0.2, 0.25) is 0 Å². The molecule has 1 spiro atoms. The first-order valence-corrected chi connectivity index (χ1v) is 13.2. The molecule has 0 radical (unpaired) electrons. The van der Waals surface area contributed by atoms with E-state index in [4.69, 9.17) is 0 Å². The third-order valence-electron chi connectivity index (χ3n) is 6.44. The summed E-state index contributed by atoms with van der Waals surface area (Å²) in [6.45, 7) is 3.47. The van der Waals surface area contributed by atoms with Crippen molar-refractivity contribution in [1.82, 2.24) is 14.2 Å². The minimum Gasteiger partial charge on any atom is -0.323 e. The summed E-state index contributed by atoms with van der Waals surface area (Å²) in [5.74, 6) is 0.905. The Hall–Kier alpha value is -2.42. The predicted octanol–water partition coefficient (Wildman–Crippen LogP) is 3.91. The number of para-hydroxylation sites is 1. The summed E-state index contributed by atoms with van der Waals surface area (Å²) in [5, 5.41) is 0.809. The molecule has 6 nitrogen and oxygen atoms in total. The molecule has 2 fully saturated rings. The zero-order chi connectivity index (χ0) is 22.3. The van der Waals surface area contributed by atoms with Crippen molar-refractivity contribution in [3.63, 3.8) is 0 Å². The molecule has 0 aliphatic carbocycles. The van der Waals surface area contributed by atoms with E-state index in [0.717, 1.165) is 16.7 Å². The fourth-order valence-corrected chi connectivity index (χ4v) is 7.72. The van der Waals surface area contributed by atoms with Crippen LogP contribution < -0.4 is 0 Å². The highest BCUT2D eigenvalue weighted by Crippen LogP contribution is 2.45. The number of amides is 1. The van der Waals surface area contributed by atoms with E-state index >= 15 is 0 Å². The molecular weight excluding hydrogens is 442 g/mol. The van der Waals surface area contributed by atoms with Crippen molar-refractivity contribution in [2.75, 3.05) is 25.4 Å². The second kappa shape index (κ2) is 8.17.